The van der Waals surface area contributed by atoms with E-state index in [1.807, 2.05) is 0 Å². The minimum Gasteiger partial charge on any atom is -0.355 e. The van der Waals surface area contributed by atoms with Crippen LogP contribution in [0.2, 0.25) is 0 Å². The highest BCUT2D eigenvalue weighted by molar-refractivity contribution is 7.89. The van der Waals surface area contributed by atoms with E-state index in [-0.39, 0.29) is 31.0 Å². The maximum absolute atomic E-state index is 15.4. The van der Waals surface area contributed by atoms with E-state index < -0.39 is 63.5 Å². The maximum Gasteiger partial charge on any atom is 0.322 e. The van der Waals surface area contributed by atoms with Crippen LogP contribution in [0.3, 0.4) is 0 Å². The van der Waals surface area contributed by atoms with Crippen molar-refractivity contribution in [3.8, 4) is 0 Å². The Morgan fingerprint density at radius 1 is 1.03 bits per heavy atom. The number of nitrogens with zero attached hydrogens (tertiary/aromatic N) is 2. The number of carbonyl (C=O) groups is 1. The molecule has 1 spiro atoms. The zero-order valence-corrected chi connectivity index (χ0v) is 17.7. The normalized spacial score (nSPS) is 23.8. The highest BCUT2D eigenvalue weighted by Gasteiger charge is 2.57. The van der Waals surface area contributed by atoms with Crippen molar-refractivity contribution in [2.45, 2.75) is 23.2 Å². The zero-order valence-electron chi connectivity index (χ0n) is 16.9. The molecule has 0 saturated carbocycles. The average Bonchev–Trinajstić information content (AvgIpc) is 3.22. The first kappa shape index (κ1) is 23.4. The molecule has 0 bridgehead atoms. The summed E-state index contributed by atoms with van der Waals surface area (Å²) in [5.74, 6) is -5.45. The molecule has 4 rings (SSSR count). The Morgan fingerprint density at radius 2 is 1.73 bits per heavy atom. The number of hydrogen-bond donors (Lipinski definition) is 1. The first-order valence-electron chi connectivity index (χ1n) is 9.82. The molecular formula is C20H18F5N3O4S. The zero-order chi connectivity index (χ0) is 24.0. The first-order valence-corrected chi connectivity index (χ1v) is 11.3. The molecule has 2 heterocycles. The summed E-state index contributed by atoms with van der Waals surface area (Å²) in [5, 5.41) is 2.05. The summed E-state index contributed by atoms with van der Waals surface area (Å²) in [6.45, 7) is -1.01. The molecule has 0 aromatic heterocycles. The van der Waals surface area contributed by atoms with Gasteiger partial charge in [-0.3, -0.25) is 0 Å². The number of sulfonamides is 1. The molecule has 2 aromatic carbocycles. The van der Waals surface area contributed by atoms with Gasteiger partial charge in [0.05, 0.1) is 23.7 Å². The highest BCUT2D eigenvalue weighted by Crippen LogP contribution is 2.40. The number of amides is 2. The van der Waals surface area contributed by atoms with Gasteiger partial charge in [0.15, 0.2) is 29.3 Å². The second-order valence-corrected chi connectivity index (χ2v) is 9.40. The number of carbonyl (C=O) groups excluding carboxylic acids is 1. The van der Waals surface area contributed by atoms with E-state index in [9.17, 15) is 30.8 Å². The minimum absolute atomic E-state index is 0.0902. The van der Waals surface area contributed by atoms with Crippen LogP contribution in [0.25, 0.3) is 0 Å². The van der Waals surface area contributed by atoms with Gasteiger partial charge in [0.25, 0.3) is 0 Å². The van der Waals surface area contributed by atoms with Gasteiger partial charge in [-0.25, -0.2) is 35.2 Å². The summed E-state index contributed by atoms with van der Waals surface area (Å²) in [6.07, 6.45) is -2.23. The molecule has 7 nitrogen and oxygen atoms in total. The van der Waals surface area contributed by atoms with Crippen LogP contribution >= 0.6 is 0 Å². The molecule has 0 radical (unpaired) electrons. The molecule has 2 atom stereocenters. The van der Waals surface area contributed by atoms with E-state index in [0.29, 0.717) is 6.07 Å². The van der Waals surface area contributed by atoms with Crippen molar-refractivity contribution in [1.82, 2.24) is 9.21 Å². The van der Waals surface area contributed by atoms with Gasteiger partial charge < -0.3 is 15.0 Å². The SMILES string of the molecule is O=C(Nc1ccc(F)c(F)c1F)N1CCC2(OCCN2S(=O)(=O)c2ccc(F)cc2)C(F)C1. The summed E-state index contributed by atoms with van der Waals surface area (Å²) in [4.78, 5) is 13.2. The third kappa shape index (κ3) is 4.04. The van der Waals surface area contributed by atoms with E-state index in [4.69, 9.17) is 4.74 Å². The molecule has 2 unspecified atom stereocenters. The van der Waals surface area contributed by atoms with Gasteiger partial charge in [0.1, 0.15) is 5.82 Å². The highest BCUT2D eigenvalue weighted by atomic mass is 32.2. The van der Waals surface area contributed by atoms with E-state index in [2.05, 4.69) is 5.32 Å². The van der Waals surface area contributed by atoms with Crippen LogP contribution < -0.4 is 5.32 Å². The molecule has 2 amide bonds. The molecule has 1 N–H and O–H groups in total. The van der Waals surface area contributed by atoms with Gasteiger partial charge in [-0.1, -0.05) is 0 Å². The minimum atomic E-state index is -4.24. The largest absolute Gasteiger partial charge is 0.355 e. The van der Waals surface area contributed by atoms with Crippen LogP contribution in [0.1, 0.15) is 6.42 Å². The Kier molecular flexibility index (Phi) is 6.05. The number of anilines is 1. The van der Waals surface area contributed by atoms with Gasteiger partial charge in [-0.2, -0.15) is 4.31 Å². The van der Waals surface area contributed by atoms with E-state index >= 15 is 4.39 Å². The summed E-state index contributed by atoms with van der Waals surface area (Å²) < 4.78 is 101. The number of ether oxygens (including phenoxy) is 1. The first-order chi connectivity index (χ1) is 15.6. The van der Waals surface area contributed by atoms with Crippen LogP contribution in [0.15, 0.2) is 41.3 Å². The summed E-state index contributed by atoms with van der Waals surface area (Å²) >= 11 is 0. The smallest absolute Gasteiger partial charge is 0.322 e. The summed E-state index contributed by atoms with van der Waals surface area (Å²) in [6, 6.07) is 4.51. The maximum atomic E-state index is 15.4. The summed E-state index contributed by atoms with van der Waals surface area (Å²) in [7, 11) is -4.24. The molecule has 33 heavy (non-hydrogen) atoms. The monoisotopic (exact) mass is 491 g/mol. The molecule has 178 valence electrons. The van der Waals surface area contributed by atoms with Crippen LogP contribution in [0, 0.1) is 23.3 Å². The predicted octanol–water partition coefficient (Wildman–Crippen LogP) is 3.24. The van der Waals surface area contributed by atoms with Crippen molar-refractivity contribution < 1.29 is 39.9 Å². The lowest BCUT2D eigenvalue weighted by Crippen LogP contribution is -2.63. The quantitative estimate of drug-likeness (QED) is 0.528. The lowest BCUT2D eigenvalue weighted by atomic mass is 9.99. The van der Waals surface area contributed by atoms with Crippen LogP contribution in [-0.4, -0.2) is 61.8 Å². The van der Waals surface area contributed by atoms with E-state index in [0.717, 1.165) is 39.5 Å². The lowest BCUT2D eigenvalue weighted by molar-refractivity contribution is -0.134. The molecule has 13 heteroatoms. The fourth-order valence-corrected chi connectivity index (χ4v) is 5.66. The summed E-state index contributed by atoms with van der Waals surface area (Å²) in [5.41, 5.74) is -2.51. The number of benzene rings is 2. The van der Waals surface area contributed by atoms with Gasteiger partial charge in [-0.05, 0) is 36.4 Å². The molecular weight excluding hydrogens is 473 g/mol. The number of nitrogens with one attached hydrogen (secondary N) is 1. The van der Waals surface area contributed by atoms with Crippen molar-refractivity contribution in [3.63, 3.8) is 0 Å². The van der Waals surface area contributed by atoms with Crippen molar-refractivity contribution >= 4 is 21.7 Å². The average molecular weight is 491 g/mol. The number of hydrogen-bond acceptors (Lipinski definition) is 4. The predicted molar refractivity (Wildman–Crippen MR) is 105 cm³/mol. The number of piperidine rings is 1. The van der Waals surface area contributed by atoms with Crippen LogP contribution in [0.4, 0.5) is 32.4 Å². The lowest BCUT2D eigenvalue weighted by Gasteiger charge is -2.44. The van der Waals surface area contributed by atoms with E-state index in [1.54, 1.807) is 0 Å². The number of halogens is 5. The van der Waals surface area contributed by atoms with Crippen LogP contribution in [-0.2, 0) is 14.8 Å². The topological polar surface area (TPSA) is 79.0 Å². The fourth-order valence-electron chi connectivity index (χ4n) is 3.95. The van der Waals surface area contributed by atoms with Crippen molar-refractivity contribution in [2.24, 2.45) is 0 Å². The fraction of sp³-hybridized carbons (Fsp3) is 0.350. The second-order valence-electron chi connectivity index (χ2n) is 7.54. The number of urea groups is 1. The Bertz CT molecular complexity index is 1180. The number of likely N-dealkylation sites (tertiary alicyclic amines) is 1. The van der Waals surface area contributed by atoms with Gasteiger partial charge in [0, 0.05) is 19.5 Å². The van der Waals surface area contributed by atoms with Gasteiger partial charge in [0.2, 0.25) is 10.0 Å². The molecule has 2 saturated heterocycles. The van der Waals surface area contributed by atoms with Gasteiger partial charge >= 0.3 is 6.03 Å². The number of alkyl halides is 1. The molecule has 2 aliphatic heterocycles. The molecule has 2 fully saturated rings. The van der Waals surface area contributed by atoms with Crippen molar-refractivity contribution in [1.29, 1.82) is 0 Å². The molecule has 0 aliphatic carbocycles. The third-order valence-corrected chi connectivity index (χ3v) is 7.58. The second kappa shape index (κ2) is 8.54. The Balaban J connectivity index is 1.51. The van der Waals surface area contributed by atoms with Crippen LogP contribution in [0.5, 0.6) is 0 Å². The Hall–Kier alpha value is -2.77. The van der Waals surface area contributed by atoms with E-state index in [1.165, 1.54) is 0 Å². The van der Waals surface area contributed by atoms with Crippen molar-refractivity contribution in [2.75, 3.05) is 31.6 Å². The Labute approximate surface area is 185 Å². The van der Waals surface area contributed by atoms with Gasteiger partial charge in [-0.15, -0.1) is 0 Å². The molecule has 2 aliphatic rings. The Morgan fingerprint density at radius 3 is 2.39 bits per heavy atom. The molecule has 2 aromatic rings. The van der Waals surface area contributed by atoms with Crippen molar-refractivity contribution in [3.05, 3.63) is 59.7 Å². The third-order valence-electron chi connectivity index (χ3n) is 5.64. The number of rotatable bonds is 3. The standard InChI is InChI=1S/C20H18F5N3O4S/c21-12-1-3-13(4-2-12)33(30,31)28-9-10-32-20(28)7-8-27(11-16(20)23)19(29)26-15-6-5-14(22)17(24)18(15)25/h1-6,16H,7-11H2,(H,26,29).